The Labute approximate surface area is 131 Å². The molecule has 0 atom stereocenters. The van der Waals surface area contributed by atoms with E-state index >= 15 is 0 Å². The first-order valence-corrected chi connectivity index (χ1v) is 8.42. The van der Waals surface area contributed by atoms with E-state index in [4.69, 9.17) is 9.68 Å². The van der Waals surface area contributed by atoms with E-state index in [2.05, 4.69) is 11.4 Å². The second-order valence-corrected chi connectivity index (χ2v) is 6.07. The van der Waals surface area contributed by atoms with E-state index in [-0.39, 0.29) is 5.91 Å². The number of carbonyl (C=O) groups excluding carboxylic acids is 1. The highest BCUT2D eigenvalue weighted by atomic mass is 32.2. The van der Waals surface area contributed by atoms with Gasteiger partial charge in [-0.1, -0.05) is 12.1 Å². The third-order valence-corrected chi connectivity index (χ3v) is 4.41. The van der Waals surface area contributed by atoms with Gasteiger partial charge in [0.25, 0.3) is 0 Å². The van der Waals surface area contributed by atoms with Crippen LogP contribution in [0, 0.1) is 11.3 Å². The van der Waals surface area contributed by atoms with Crippen molar-refractivity contribution in [1.29, 1.82) is 5.26 Å². The van der Waals surface area contributed by atoms with E-state index in [0.717, 1.165) is 16.3 Å². The SMILES string of the molecule is N#CCSc1ccccc1NC(=O)CSCc1ccco1. The molecule has 0 saturated carbocycles. The van der Waals surface area contributed by atoms with Gasteiger partial charge in [0.2, 0.25) is 5.91 Å². The molecule has 0 aliphatic carbocycles. The molecule has 2 rings (SSSR count). The molecule has 0 aliphatic rings. The van der Waals surface area contributed by atoms with Crippen molar-refractivity contribution in [3.63, 3.8) is 0 Å². The first kappa shape index (κ1) is 15.5. The fourth-order valence-electron chi connectivity index (χ4n) is 1.63. The Hall–Kier alpha value is -1.84. The van der Waals surface area contributed by atoms with Crippen LogP contribution in [0.2, 0.25) is 0 Å². The van der Waals surface area contributed by atoms with Crippen molar-refractivity contribution in [2.24, 2.45) is 0 Å². The molecule has 0 spiro atoms. The van der Waals surface area contributed by atoms with Crippen LogP contribution in [0.1, 0.15) is 5.76 Å². The molecule has 0 bridgehead atoms. The molecule has 1 heterocycles. The van der Waals surface area contributed by atoms with Gasteiger partial charge >= 0.3 is 0 Å². The number of benzene rings is 1. The number of anilines is 1. The van der Waals surface area contributed by atoms with Gasteiger partial charge in [0.05, 0.1) is 35.3 Å². The van der Waals surface area contributed by atoms with Crippen LogP contribution in [0.3, 0.4) is 0 Å². The standard InChI is InChI=1S/C15H14N2O2S2/c16-7-9-21-14-6-2-1-5-13(14)17-15(18)11-20-10-12-4-3-8-19-12/h1-6,8H,9-11H2,(H,17,18). The Morgan fingerprint density at radius 1 is 1.29 bits per heavy atom. The molecule has 21 heavy (non-hydrogen) atoms. The first-order chi connectivity index (χ1) is 10.3. The molecule has 0 saturated heterocycles. The van der Waals surface area contributed by atoms with Gasteiger partial charge in [-0.25, -0.2) is 0 Å². The number of nitriles is 1. The minimum atomic E-state index is -0.0587. The van der Waals surface area contributed by atoms with Crippen molar-refractivity contribution >= 4 is 35.1 Å². The molecule has 4 nitrogen and oxygen atoms in total. The lowest BCUT2D eigenvalue weighted by Crippen LogP contribution is -2.14. The molecule has 0 radical (unpaired) electrons. The summed E-state index contributed by atoms with van der Waals surface area (Å²) in [5, 5.41) is 11.5. The van der Waals surface area contributed by atoms with E-state index in [1.165, 1.54) is 23.5 Å². The summed E-state index contributed by atoms with van der Waals surface area (Å²) >= 11 is 2.91. The number of furan rings is 1. The molecular weight excluding hydrogens is 304 g/mol. The van der Waals surface area contributed by atoms with E-state index < -0.39 is 0 Å². The summed E-state index contributed by atoms with van der Waals surface area (Å²) in [7, 11) is 0. The smallest absolute Gasteiger partial charge is 0.234 e. The number of para-hydroxylation sites is 1. The molecule has 0 aliphatic heterocycles. The number of amides is 1. The van der Waals surface area contributed by atoms with E-state index in [0.29, 0.717) is 17.3 Å². The van der Waals surface area contributed by atoms with Gasteiger partial charge in [-0.15, -0.1) is 23.5 Å². The first-order valence-electron chi connectivity index (χ1n) is 6.28. The van der Waals surface area contributed by atoms with Crippen LogP contribution in [0.25, 0.3) is 0 Å². The van der Waals surface area contributed by atoms with Gasteiger partial charge in [-0.3, -0.25) is 4.79 Å². The maximum atomic E-state index is 11.9. The lowest BCUT2D eigenvalue weighted by atomic mass is 10.3. The highest BCUT2D eigenvalue weighted by molar-refractivity contribution is 7.99. The molecule has 0 unspecified atom stereocenters. The van der Waals surface area contributed by atoms with Crippen LogP contribution in [0.15, 0.2) is 52.0 Å². The molecule has 2 aromatic rings. The van der Waals surface area contributed by atoms with Crippen LogP contribution in [-0.2, 0) is 10.5 Å². The predicted octanol–water partition coefficient (Wildman–Crippen LogP) is 3.77. The van der Waals surface area contributed by atoms with Gasteiger partial charge in [-0.05, 0) is 24.3 Å². The molecule has 1 N–H and O–H groups in total. The van der Waals surface area contributed by atoms with Crippen molar-refractivity contribution in [2.45, 2.75) is 10.6 Å². The molecule has 6 heteroatoms. The van der Waals surface area contributed by atoms with Crippen molar-refractivity contribution in [3.8, 4) is 6.07 Å². The highest BCUT2D eigenvalue weighted by Crippen LogP contribution is 2.26. The van der Waals surface area contributed by atoms with Crippen LogP contribution in [-0.4, -0.2) is 17.4 Å². The lowest BCUT2D eigenvalue weighted by molar-refractivity contribution is -0.113. The Kier molecular flexibility index (Phi) is 6.25. The number of nitrogens with zero attached hydrogens (tertiary/aromatic N) is 1. The molecule has 1 aromatic heterocycles. The Morgan fingerprint density at radius 3 is 2.90 bits per heavy atom. The van der Waals surface area contributed by atoms with Gasteiger partial charge in [0.1, 0.15) is 5.76 Å². The zero-order valence-electron chi connectivity index (χ0n) is 11.2. The Balaban J connectivity index is 1.83. The van der Waals surface area contributed by atoms with Crippen molar-refractivity contribution in [2.75, 3.05) is 16.8 Å². The largest absolute Gasteiger partial charge is 0.468 e. The number of thioether (sulfide) groups is 2. The fraction of sp³-hybridized carbons (Fsp3) is 0.200. The summed E-state index contributed by atoms with van der Waals surface area (Å²) in [6.45, 7) is 0. The van der Waals surface area contributed by atoms with Gasteiger partial charge in [-0.2, -0.15) is 5.26 Å². The zero-order chi connectivity index (χ0) is 14.9. The quantitative estimate of drug-likeness (QED) is 0.787. The average molecular weight is 318 g/mol. The second-order valence-electron chi connectivity index (χ2n) is 4.06. The minimum absolute atomic E-state index is 0.0587. The molecule has 108 valence electrons. The fourth-order valence-corrected chi connectivity index (χ4v) is 3.03. The summed E-state index contributed by atoms with van der Waals surface area (Å²) in [5.74, 6) is 2.19. The number of hydrogen-bond acceptors (Lipinski definition) is 5. The molecule has 1 aromatic carbocycles. The lowest BCUT2D eigenvalue weighted by Gasteiger charge is -2.09. The Bertz CT molecular complexity index is 621. The maximum absolute atomic E-state index is 11.9. The average Bonchev–Trinajstić information content (AvgIpc) is 2.99. The van der Waals surface area contributed by atoms with Gasteiger partial charge in [0.15, 0.2) is 0 Å². The third-order valence-electron chi connectivity index (χ3n) is 2.51. The summed E-state index contributed by atoms with van der Waals surface area (Å²) in [6.07, 6.45) is 1.62. The predicted molar refractivity (Wildman–Crippen MR) is 86.3 cm³/mol. The van der Waals surface area contributed by atoms with E-state index in [1.807, 2.05) is 36.4 Å². The number of hydrogen-bond donors (Lipinski definition) is 1. The second kappa shape index (κ2) is 8.45. The van der Waals surface area contributed by atoms with Crippen LogP contribution < -0.4 is 5.32 Å². The number of carbonyl (C=O) groups is 1. The van der Waals surface area contributed by atoms with Crippen molar-refractivity contribution in [3.05, 3.63) is 48.4 Å². The van der Waals surface area contributed by atoms with Crippen LogP contribution >= 0.6 is 23.5 Å². The summed E-state index contributed by atoms with van der Waals surface area (Å²) in [6, 6.07) is 13.3. The summed E-state index contributed by atoms with van der Waals surface area (Å²) < 4.78 is 5.21. The normalized spacial score (nSPS) is 10.0. The van der Waals surface area contributed by atoms with Crippen molar-refractivity contribution in [1.82, 2.24) is 0 Å². The maximum Gasteiger partial charge on any atom is 0.234 e. The van der Waals surface area contributed by atoms with Crippen LogP contribution in [0.5, 0.6) is 0 Å². The summed E-state index contributed by atoms with van der Waals surface area (Å²) in [4.78, 5) is 12.8. The monoisotopic (exact) mass is 318 g/mol. The number of nitrogens with one attached hydrogen (secondary N) is 1. The molecule has 0 fully saturated rings. The topological polar surface area (TPSA) is 66.0 Å². The van der Waals surface area contributed by atoms with E-state index in [9.17, 15) is 4.79 Å². The highest BCUT2D eigenvalue weighted by Gasteiger charge is 2.07. The zero-order valence-corrected chi connectivity index (χ0v) is 12.9. The van der Waals surface area contributed by atoms with Crippen LogP contribution in [0.4, 0.5) is 5.69 Å². The summed E-state index contributed by atoms with van der Waals surface area (Å²) in [5.41, 5.74) is 0.751. The minimum Gasteiger partial charge on any atom is -0.468 e. The molecular formula is C15H14N2O2S2. The van der Waals surface area contributed by atoms with Gasteiger partial charge < -0.3 is 9.73 Å². The van der Waals surface area contributed by atoms with E-state index in [1.54, 1.807) is 6.26 Å². The third kappa shape index (κ3) is 5.21. The number of rotatable bonds is 7. The van der Waals surface area contributed by atoms with Gasteiger partial charge in [0, 0.05) is 4.90 Å². The Morgan fingerprint density at radius 2 is 2.14 bits per heavy atom. The molecule has 1 amide bonds. The van der Waals surface area contributed by atoms with Crippen molar-refractivity contribution < 1.29 is 9.21 Å².